The largest absolute Gasteiger partial charge is 0.454 e. The van der Waals surface area contributed by atoms with Gasteiger partial charge in [-0.3, -0.25) is 14.8 Å². The van der Waals surface area contributed by atoms with Gasteiger partial charge in [0.25, 0.3) is 0 Å². The van der Waals surface area contributed by atoms with Crippen molar-refractivity contribution in [2.45, 2.75) is 13.3 Å². The SMILES string of the molecule is CCc1ccc(Oc2ccnc3cc(C(N)=O)c(Cl)cc23)c(-c2ccccn2)n1. The lowest BCUT2D eigenvalue weighted by molar-refractivity contribution is 0.100. The minimum absolute atomic E-state index is 0.215. The second-order valence-corrected chi connectivity index (χ2v) is 6.75. The van der Waals surface area contributed by atoms with Crippen molar-refractivity contribution in [1.82, 2.24) is 15.0 Å². The molecular weight excluding hydrogens is 388 g/mol. The molecule has 7 heteroatoms. The Bertz CT molecular complexity index is 1210. The molecule has 0 aliphatic rings. The maximum Gasteiger partial charge on any atom is 0.250 e. The molecule has 4 rings (SSSR count). The molecule has 144 valence electrons. The van der Waals surface area contributed by atoms with Crippen molar-refractivity contribution >= 4 is 28.4 Å². The maximum atomic E-state index is 11.6. The van der Waals surface area contributed by atoms with Crippen molar-refractivity contribution in [2.24, 2.45) is 5.73 Å². The fraction of sp³-hybridized carbons (Fsp3) is 0.0909. The second-order valence-electron chi connectivity index (χ2n) is 6.34. The van der Waals surface area contributed by atoms with Crippen molar-refractivity contribution in [3.8, 4) is 22.9 Å². The summed E-state index contributed by atoms with van der Waals surface area (Å²) in [7, 11) is 0. The van der Waals surface area contributed by atoms with Gasteiger partial charge in [-0.25, -0.2) is 4.98 Å². The molecule has 0 fully saturated rings. The number of rotatable bonds is 5. The molecule has 0 aliphatic carbocycles. The molecular formula is C22H17ClN4O2. The van der Waals surface area contributed by atoms with Crippen LogP contribution in [0.5, 0.6) is 11.5 Å². The van der Waals surface area contributed by atoms with E-state index in [-0.39, 0.29) is 10.6 Å². The Morgan fingerprint density at radius 1 is 1.07 bits per heavy atom. The van der Waals surface area contributed by atoms with Crippen LogP contribution in [0.1, 0.15) is 23.0 Å². The summed E-state index contributed by atoms with van der Waals surface area (Å²) in [5.41, 5.74) is 8.45. The van der Waals surface area contributed by atoms with Gasteiger partial charge in [0.2, 0.25) is 5.91 Å². The topological polar surface area (TPSA) is 91.0 Å². The van der Waals surface area contributed by atoms with Crippen LogP contribution in [0.3, 0.4) is 0 Å². The van der Waals surface area contributed by atoms with E-state index in [0.717, 1.165) is 12.1 Å². The van der Waals surface area contributed by atoms with E-state index in [1.807, 2.05) is 37.3 Å². The number of aryl methyl sites for hydroxylation is 1. The van der Waals surface area contributed by atoms with Gasteiger partial charge in [0.15, 0.2) is 5.75 Å². The molecule has 0 radical (unpaired) electrons. The van der Waals surface area contributed by atoms with Crippen LogP contribution in [-0.2, 0) is 6.42 Å². The summed E-state index contributed by atoms with van der Waals surface area (Å²) in [6.07, 6.45) is 4.11. The number of carbonyl (C=O) groups is 1. The quantitative estimate of drug-likeness (QED) is 0.516. The number of carbonyl (C=O) groups excluding carboxylic acids is 1. The van der Waals surface area contributed by atoms with Crippen LogP contribution in [0, 0.1) is 0 Å². The van der Waals surface area contributed by atoms with Crippen molar-refractivity contribution < 1.29 is 9.53 Å². The third-order valence-corrected chi connectivity index (χ3v) is 4.77. The highest BCUT2D eigenvalue weighted by Crippen LogP contribution is 2.36. The molecule has 0 bridgehead atoms. The van der Waals surface area contributed by atoms with Crippen molar-refractivity contribution in [1.29, 1.82) is 0 Å². The maximum absolute atomic E-state index is 11.6. The Hall–Kier alpha value is -3.51. The lowest BCUT2D eigenvalue weighted by Gasteiger charge is -2.13. The second kappa shape index (κ2) is 7.85. The molecule has 0 saturated heterocycles. The molecule has 3 aromatic heterocycles. The summed E-state index contributed by atoms with van der Waals surface area (Å²) < 4.78 is 6.21. The highest BCUT2D eigenvalue weighted by Gasteiger charge is 2.15. The summed E-state index contributed by atoms with van der Waals surface area (Å²) in [5, 5.41) is 0.904. The lowest BCUT2D eigenvalue weighted by atomic mass is 10.1. The van der Waals surface area contributed by atoms with E-state index in [0.29, 0.717) is 33.8 Å². The molecule has 0 aliphatic heterocycles. The Morgan fingerprint density at radius 3 is 2.66 bits per heavy atom. The van der Waals surface area contributed by atoms with E-state index in [1.54, 1.807) is 30.6 Å². The van der Waals surface area contributed by atoms with Gasteiger partial charge in [0.1, 0.15) is 11.4 Å². The van der Waals surface area contributed by atoms with Crippen molar-refractivity contribution in [2.75, 3.05) is 0 Å². The van der Waals surface area contributed by atoms with E-state index in [9.17, 15) is 4.79 Å². The number of fused-ring (bicyclic) bond motifs is 1. The number of pyridine rings is 3. The normalized spacial score (nSPS) is 10.8. The van der Waals surface area contributed by atoms with Crippen LogP contribution in [0.15, 0.2) is 60.9 Å². The van der Waals surface area contributed by atoms with E-state index in [4.69, 9.17) is 27.1 Å². The molecule has 0 unspecified atom stereocenters. The molecule has 0 atom stereocenters. The third-order valence-electron chi connectivity index (χ3n) is 4.46. The monoisotopic (exact) mass is 404 g/mol. The molecule has 3 heterocycles. The number of benzene rings is 1. The van der Waals surface area contributed by atoms with Gasteiger partial charge in [-0.05, 0) is 48.9 Å². The minimum Gasteiger partial charge on any atom is -0.454 e. The standard InChI is InChI=1S/C22H17ClN4O2/c1-2-13-6-7-20(21(27-13)17-5-3-4-9-25-17)29-19-8-10-26-18-12-14(22(24)28)16(23)11-15(18)19/h3-12H,2H2,1H3,(H2,24,28). The summed E-state index contributed by atoms with van der Waals surface area (Å²) in [5.74, 6) is 0.487. The molecule has 0 saturated carbocycles. The smallest absolute Gasteiger partial charge is 0.250 e. The van der Waals surface area contributed by atoms with Crippen molar-refractivity contribution in [3.05, 3.63) is 77.2 Å². The average molecular weight is 405 g/mol. The van der Waals surface area contributed by atoms with Crippen LogP contribution in [-0.4, -0.2) is 20.9 Å². The van der Waals surface area contributed by atoms with Gasteiger partial charge in [-0.1, -0.05) is 24.6 Å². The number of hydrogen-bond acceptors (Lipinski definition) is 5. The molecule has 0 spiro atoms. The molecule has 2 N–H and O–H groups in total. The number of amides is 1. The molecule has 29 heavy (non-hydrogen) atoms. The first-order chi connectivity index (χ1) is 14.1. The number of hydrogen-bond donors (Lipinski definition) is 1. The summed E-state index contributed by atoms with van der Waals surface area (Å²) in [4.78, 5) is 25.0. The Morgan fingerprint density at radius 2 is 1.93 bits per heavy atom. The summed E-state index contributed by atoms with van der Waals surface area (Å²) in [6, 6.07) is 14.4. The first kappa shape index (κ1) is 18.8. The van der Waals surface area contributed by atoms with Crippen LogP contribution in [0.25, 0.3) is 22.3 Å². The first-order valence-corrected chi connectivity index (χ1v) is 9.42. The number of primary amides is 1. The Balaban J connectivity index is 1.83. The zero-order valence-electron chi connectivity index (χ0n) is 15.6. The zero-order chi connectivity index (χ0) is 20.4. The first-order valence-electron chi connectivity index (χ1n) is 9.04. The number of nitrogens with two attached hydrogens (primary N) is 1. The fourth-order valence-corrected chi connectivity index (χ4v) is 3.25. The highest BCUT2D eigenvalue weighted by molar-refractivity contribution is 6.34. The van der Waals surface area contributed by atoms with E-state index < -0.39 is 5.91 Å². The number of ether oxygens (including phenoxy) is 1. The van der Waals surface area contributed by atoms with E-state index in [1.165, 1.54) is 0 Å². The average Bonchev–Trinajstić information content (AvgIpc) is 2.74. The highest BCUT2D eigenvalue weighted by atomic mass is 35.5. The van der Waals surface area contributed by atoms with Gasteiger partial charge in [-0.15, -0.1) is 0 Å². The van der Waals surface area contributed by atoms with Gasteiger partial charge < -0.3 is 10.5 Å². The van der Waals surface area contributed by atoms with E-state index >= 15 is 0 Å². The molecule has 6 nitrogen and oxygen atoms in total. The fourth-order valence-electron chi connectivity index (χ4n) is 2.99. The van der Waals surface area contributed by atoms with Crippen LogP contribution < -0.4 is 10.5 Å². The lowest BCUT2D eigenvalue weighted by Crippen LogP contribution is -2.11. The Kier molecular flexibility index (Phi) is 5.10. The van der Waals surface area contributed by atoms with Gasteiger partial charge in [0, 0.05) is 23.5 Å². The zero-order valence-corrected chi connectivity index (χ0v) is 16.3. The number of halogens is 1. The molecule has 1 aromatic carbocycles. The Labute approximate surface area is 172 Å². The van der Waals surface area contributed by atoms with Crippen LogP contribution in [0.4, 0.5) is 0 Å². The van der Waals surface area contributed by atoms with Crippen LogP contribution in [0.2, 0.25) is 5.02 Å². The van der Waals surface area contributed by atoms with Gasteiger partial charge >= 0.3 is 0 Å². The summed E-state index contributed by atoms with van der Waals surface area (Å²) in [6.45, 7) is 2.04. The third kappa shape index (κ3) is 3.75. The summed E-state index contributed by atoms with van der Waals surface area (Å²) >= 11 is 6.23. The van der Waals surface area contributed by atoms with Gasteiger partial charge in [-0.2, -0.15) is 0 Å². The number of aromatic nitrogens is 3. The number of nitrogens with zero attached hydrogens (tertiary/aromatic N) is 3. The van der Waals surface area contributed by atoms with Crippen molar-refractivity contribution in [3.63, 3.8) is 0 Å². The molecule has 4 aromatic rings. The van der Waals surface area contributed by atoms with Gasteiger partial charge in [0.05, 0.1) is 21.8 Å². The van der Waals surface area contributed by atoms with E-state index in [2.05, 4.69) is 9.97 Å². The van der Waals surface area contributed by atoms with Crippen LogP contribution >= 0.6 is 11.6 Å². The predicted molar refractivity (Wildman–Crippen MR) is 112 cm³/mol. The predicted octanol–water partition coefficient (Wildman–Crippen LogP) is 4.80. The minimum atomic E-state index is -0.609. The molecule has 1 amide bonds.